The van der Waals surface area contributed by atoms with Gasteiger partial charge in [0.15, 0.2) is 5.96 Å². The lowest BCUT2D eigenvalue weighted by Gasteiger charge is -2.06. The van der Waals surface area contributed by atoms with E-state index in [1.165, 1.54) is 4.88 Å². The summed E-state index contributed by atoms with van der Waals surface area (Å²) < 4.78 is 7.13. The molecule has 0 aliphatic carbocycles. The maximum absolute atomic E-state index is 5.93. The second kappa shape index (κ2) is 9.76. The minimum atomic E-state index is 0. The van der Waals surface area contributed by atoms with Crippen LogP contribution < -0.4 is 15.8 Å². The van der Waals surface area contributed by atoms with Crippen molar-refractivity contribution in [1.82, 2.24) is 15.1 Å². The molecule has 0 unspecified atom stereocenters. The third kappa shape index (κ3) is 5.38. The summed E-state index contributed by atoms with van der Waals surface area (Å²) >= 11 is 1.75. The van der Waals surface area contributed by atoms with E-state index in [0.717, 1.165) is 36.5 Å². The molecule has 0 saturated carbocycles. The predicted molar refractivity (Wildman–Crippen MR) is 106 cm³/mol. The number of aryl methyl sites for hydroxylation is 2. The number of halogens is 1. The van der Waals surface area contributed by atoms with Gasteiger partial charge in [0, 0.05) is 18.5 Å². The normalized spacial score (nSPS) is 11.2. The van der Waals surface area contributed by atoms with E-state index in [1.54, 1.807) is 23.1 Å². The fourth-order valence-corrected chi connectivity index (χ4v) is 3.00. The zero-order valence-corrected chi connectivity index (χ0v) is 16.9. The lowest BCUT2D eigenvalue weighted by molar-refractivity contribution is 0.369. The first-order chi connectivity index (χ1) is 10.7. The van der Waals surface area contributed by atoms with Crippen molar-refractivity contribution in [3.8, 4) is 5.88 Å². The van der Waals surface area contributed by atoms with E-state index >= 15 is 0 Å². The van der Waals surface area contributed by atoms with Gasteiger partial charge >= 0.3 is 0 Å². The maximum atomic E-state index is 5.93. The van der Waals surface area contributed by atoms with Crippen molar-refractivity contribution < 1.29 is 4.74 Å². The van der Waals surface area contributed by atoms with Gasteiger partial charge in [0.05, 0.1) is 24.9 Å². The molecule has 2 aromatic heterocycles. The lowest BCUT2D eigenvalue weighted by Crippen LogP contribution is -2.33. The Labute approximate surface area is 158 Å². The zero-order chi connectivity index (χ0) is 15.9. The van der Waals surface area contributed by atoms with Gasteiger partial charge in [0.1, 0.15) is 0 Å². The van der Waals surface area contributed by atoms with Crippen molar-refractivity contribution >= 4 is 41.3 Å². The molecular weight excluding hydrogens is 425 g/mol. The summed E-state index contributed by atoms with van der Waals surface area (Å²) in [6.45, 7) is 3.32. The molecule has 0 spiro atoms. The Hall–Kier alpha value is -1.29. The Morgan fingerprint density at radius 2 is 2.30 bits per heavy atom. The molecule has 8 heteroatoms. The Morgan fingerprint density at radius 3 is 2.91 bits per heavy atom. The van der Waals surface area contributed by atoms with Crippen LogP contribution >= 0.6 is 35.3 Å². The Balaban J connectivity index is 0.00000264. The molecule has 0 radical (unpaired) electrons. The number of rotatable bonds is 7. The first kappa shape index (κ1) is 19.8. The van der Waals surface area contributed by atoms with Crippen molar-refractivity contribution in [2.45, 2.75) is 26.3 Å². The van der Waals surface area contributed by atoms with Crippen LogP contribution in [0.5, 0.6) is 5.88 Å². The molecule has 0 atom stereocenters. The maximum Gasteiger partial charge on any atom is 0.216 e. The first-order valence-electron chi connectivity index (χ1n) is 7.30. The largest absolute Gasteiger partial charge is 0.481 e. The number of nitrogens with two attached hydrogens (primary N) is 1. The molecule has 0 saturated heterocycles. The Morgan fingerprint density at radius 1 is 1.52 bits per heavy atom. The number of aromatic nitrogens is 2. The van der Waals surface area contributed by atoms with E-state index in [9.17, 15) is 0 Å². The van der Waals surface area contributed by atoms with Crippen molar-refractivity contribution in [1.29, 1.82) is 0 Å². The van der Waals surface area contributed by atoms with Gasteiger partial charge in [0.25, 0.3) is 0 Å². The smallest absolute Gasteiger partial charge is 0.216 e. The van der Waals surface area contributed by atoms with Crippen LogP contribution in [0.15, 0.2) is 22.5 Å². The molecule has 0 aliphatic rings. The molecular formula is C15H24IN5OS. The van der Waals surface area contributed by atoms with Crippen molar-refractivity contribution in [2.24, 2.45) is 17.8 Å². The van der Waals surface area contributed by atoms with E-state index in [-0.39, 0.29) is 24.0 Å². The van der Waals surface area contributed by atoms with E-state index < -0.39 is 0 Å². The topological polar surface area (TPSA) is 77.5 Å². The summed E-state index contributed by atoms with van der Waals surface area (Å²) in [4.78, 5) is 5.73. The van der Waals surface area contributed by atoms with Gasteiger partial charge in [-0.25, -0.2) is 9.67 Å². The average Bonchev–Trinajstić information content (AvgIpc) is 3.12. The number of hydrogen-bond donors (Lipinski definition) is 2. The summed E-state index contributed by atoms with van der Waals surface area (Å²) in [5.74, 6) is 1.19. The predicted octanol–water partition coefficient (Wildman–Crippen LogP) is 2.32. The van der Waals surface area contributed by atoms with Crippen molar-refractivity contribution in [3.05, 3.63) is 33.6 Å². The molecule has 2 heterocycles. The van der Waals surface area contributed by atoms with Gasteiger partial charge in [-0.1, -0.05) is 13.0 Å². The molecule has 23 heavy (non-hydrogen) atoms. The number of aliphatic imine (C=N–C) groups is 1. The molecule has 0 aromatic carbocycles. The number of guanidine groups is 1. The molecule has 0 amide bonds. The number of nitrogens with zero attached hydrogens (tertiary/aromatic N) is 3. The van der Waals surface area contributed by atoms with Crippen LogP contribution in [0.4, 0.5) is 0 Å². The molecule has 3 N–H and O–H groups in total. The van der Waals surface area contributed by atoms with Gasteiger partial charge < -0.3 is 15.8 Å². The van der Waals surface area contributed by atoms with Crippen LogP contribution in [0.2, 0.25) is 0 Å². The number of ether oxygens (including phenoxy) is 1. The van der Waals surface area contributed by atoms with Crippen LogP contribution in [0, 0.1) is 0 Å². The minimum Gasteiger partial charge on any atom is -0.481 e. The monoisotopic (exact) mass is 449 g/mol. The summed E-state index contributed by atoms with van der Waals surface area (Å²) in [5.41, 5.74) is 7.92. The van der Waals surface area contributed by atoms with Crippen LogP contribution in [0.3, 0.4) is 0 Å². The van der Waals surface area contributed by atoms with Gasteiger partial charge in [0.2, 0.25) is 5.88 Å². The van der Waals surface area contributed by atoms with Crippen molar-refractivity contribution in [3.63, 3.8) is 0 Å². The van der Waals surface area contributed by atoms with Crippen LogP contribution in [0.25, 0.3) is 0 Å². The molecule has 6 nitrogen and oxygen atoms in total. The molecule has 0 aliphatic heterocycles. The van der Waals surface area contributed by atoms with Crippen LogP contribution in [-0.2, 0) is 26.4 Å². The second-order valence-electron chi connectivity index (χ2n) is 4.87. The van der Waals surface area contributed by atoms with Gasteiger partial charge in [-0.15, -0.1) is 35.3 Å². The molecule has 0 bridgehead atoms. The van der Waals surface area contributed by atoms with Crippen LogP contribution in [-0.4, -0.2) is 29.4 Å². The zero-order valence-electron chi connectivity index (χ0n) is 13.7. The highest BCUT2D eigenvalue weighted by Crippen LogP contribution is 2.22. The van der Waals surface area contributed by atoms with Crippen LogP contribution in [0.1, 0.15) is 23.1 Å². The highest BCUT2D eigenvalue weighted by molar-refractivity contribution is 14.0. The van der Waals surface area contributed by atoms with Gasteiger partial charge in [-0.05, 0) is 24.3 Å². The summed E-state index contributed by atoms with van der Waals surface area (Å²) in [5, 5.41) is 9.65. The summed E-state index contributed by atoms with van der Waals surface area (Å²) in [6.07, 6.45) is 1.79. The van der Waals surface area contributed by atoms with E-state index in [4.69, 9.17) is 10.5 Å². The summed E-state index contributed by atoms with van der Waals surface area (Å²) in [7, 11) is 3.51. The molecule has 0 fully saturated rings. The Kier molecular flexibility index (Phi) is 8.38. The van der Waals surface area contributed by atoms with E-state index in [0.29, 0.717) is 12.5 Å². The molecule has 128 valence electrons. The lowest BCUT2D eigenvalue weighted by atomic mass is 10.2. The quantitative estimate of drug-likeness (QED) is 0.387. The third-order valence-corrected chi connectivity index (χ3v) is 4.30. The minimum absolute atomic E-state index is 0. The average molecular weight is 449 g/mol. The fraction of sp³-hybridized carbons (Fsp3) is 0.467. The van der Waals surface area contributed by atoms with Gasteiger partial charge in [-0.2, -0.15) is 5.10 Å². The Bertz CT molecular complexity index is 624. The number of hydrogen-bond acceptors (Lipinski definition) is 4. The van der Waals surface area contributed by atoms with Crippen molar-refractivity contribution in [2.75, 3.05) is 13.7 Å². The first-order valence-corrected chi connectivity index (χ1v) is 8.18. The number of thiophene rings is 1. The third-order valence-electron chi connectivity index (χ3n) is 3.36. The number of nitrogens with one attached hydrogen (secondary N) is 1. The SMILES string of the molecule is CCc1nn(C)c(OC)c1CN=C(N)NCCc1cccs1.I. The van der Waals surface area contributed by atoms with Gasteiger partial charge in [-0.3, -0.25) is 0 Å². The summed E-state index contributed by atoms with van der Waals surface area (Å²) in [6, 6.07) is 4.17. The standard InChI is InChI=1S/C15H23N5OS.HI/c1-4-13-12(14(21-3)20(2)19-13)10-18-15(16)17-8-7-11-6-5-9-22-11;/h5-6,9H,4,7-8,10H2,1-3H3,(H3,16,17,18);1H. The highest BCUT2D eigenvalue weighted by atomic mass is 127. The highest BCUT2D eigenvalue weighted by Gasteiger charge is 2.15. The number of methoxy groups -OCH3 is 1. The fourth-order valence-electron chi connectivity index (χ4n) is 2.29. The van der Waals surface area contributed by atoms with E-state index in [1.807, 2.05) is 7.05 Å². The van der Waals surface area contributed by atoms with E-state index in [2.05, 4.69) is 39.8 Å². The second-order valence-corrected chi connectivity index (χ2v) is 5.90. The molecule has 2 aromatic rings. The molecule has 2 rings (SSSR count).